The molecule has 0 bridgehead atoms. The van der Waals surface area contributed by atoms with Crippen LogP contribution in [0.2, 0.25) is 13.1 Å². The zero-order valence-electron chi connectivity index (χ0n) is 12.8. The Labute approximate surface area is 138 Å². The van der Waals surface area contributed by atoms with Gasteiger partial charge in [0.25, 0.3) is 0 Å². The van der Waals surface area contributed by atoms with Crippen molar-refractivity contribution in [2.45, 2.75) is 33.9 Å². The molecule has 1 aromatic carbocycles. The van der Waals surface area contributed by atoms with Crippen molar-refractivity contribution >= 4 is 13.6 Å². The summed E-state index contributed by atoms with van der Waals surface area (Å²) in [4.78, 5) is 0. The molecule has 0 heterocycles. The van der Waals surface area contributed by atoms with Crippen molar-refractivity contribution in [2.24, 2.45) is 0 Å². The Hall–Kier alpha value is 0.260. The van der Waals surface area contributed by atoms with Gasteiger partial charge in [-0.3, -0.25) is 0 Å². The molecule has 6 heteroatoms. The van der Waals surface area contributed by atoms with Crippen molar-refractivity contribution in [3.63, 3.8) is 0 Å². The molecule has 1 rings (SSSR count). The van der Waals surface area contributed by atoms with Crippen molar-refractivity contribution in [1.82, 2.24) is 0 Å². The second-order valence-electron chi connectivity index (χ2n) is 3.71. The van der Waals surface area contributed by atoms with Crippen molar-refractivity contribution < 1.29 is 30.3 Å². The van der Waals surface area contributed by atoms with Crippen LogP contribution in [0.4, 0.5) is 4.11 Å². The molecule has 0 aliphatic heterocycles. The zero-order chi connectivity index (χ0) is 15.0. The van der Waals surface area contributed by atoms with Gasteiger partial charge in [-0.1, -0.05) is 20.8 Å². The maximum atomic E-state index is 13.1. The first-order chi connectivity index (χ1) is 8.35. The van der Waals surface area contributed by atoms with Gasteiger partial charge in [-0.2, -0.15) is 31.8 Å². The zero-order valence-corrected chi connectivity index (χ0v) is 16.3. The molecule has 3 nitrogen and oxygen atoms in total. The van der Waals surface area contributed by atoms with Crippen LogP contribution in [0.1, 0.15) is 20.8 Å². The first-order valence-electron chi connectivity index (χ1n) is 6.20. The summed E-state index contributed by atoms with van der Waals surface area (Å²) in [7, 11) is -2.48. The molecule has 0 amide bonds. The van der Waals surface area contributed by atoms with Gasteiger partial charge in [0, 0.05) is 0 Å². The third kappa shape index (κ3) is 27.5. The number of hydrogen-bond donors (Lipinski definition) is 0. The van der Waals surface area contributed by atoms with Crippen LogP contribution >= 0.6 is 0 Å². The van der Waals surface area contributed by atoms with Crippen LogP contribution in [0, 0.1) is 0 Å². The molecule has 0 saturated heterocycles. The Morgan fingerprint density at radius 1 is 0.895 bits per heavy atom. The minimum absolute atomic E-state index is 0. The second-order valence-corrected chi connectivity index (χ2v) is 7.23. The van der Waals surface area contributed by atoms with E-state index in [1.54, 1.807) is 33.9 Å². The molecule has 0 aromatic heterocycles. The number of rotatable bonds is 1. The molecule has 0 aliphatic rings. The summed E-state index contributed by atoms with van der Waals surface area (Å²) in [6.45, 7) is 10.3. The SMILES string of the molecule is CC[NH-].CC[NH-].CC[NH-].C[Si](C)(F)[c-]1cccc1.[Zr+4]. The molecule has 19 heavy (non-hydrogen) atoms. The fraction of sp³-hybridized carbons (Fsp3) is 0.615. The molecule has 0 saturated carbocycles. The van der Waals surface area contributed by atoms with Crippen molar-refractivity contribution in [3.8, 4) is 0 Å². The summed E-state index contributed by atoms with van der Waals surface area (Å²) < 4.78 is 13.1. The summed E-state index contributed by atoms with van der Waals surface area (Å²) in [6, 6.07) is 7.46. The molecule has 0 atom stereocenters. The Kier molecular flexibility index (Phi) is 29.9. The smallest absolute Gasteiger partial charge is 0.678 e. The van der Waals surface area contributed by atoms with Gasteiger partial charge in [0.2, 0.25) is 8.41 Å². The summed E-state index contributed by atoms with van der Waals surface area (Å²) in [6.07, 6.45) is 0. The molecule has 0 radical (unpaired) electrons. The third-order valence-corrected chi connectivity index (χ3v) is 3.06. The summed E-state index contributed by atoms with van der Waals surface area (Å²) in [5.41, 5.74) is 18.6. The van der Waals surface area contributed by atoms with Gasteiger partial charge in [-0.15, -0.1) is 5.19 Å². The molecular formula is C13H28FN3SiZr. The topological polar surface area (TPSA) is 71.4 Å². The third-order valence-electron chi connectivity index (χ3n) is 1.35. The van der Waals surface area contributed by atoms with Crippen LogP contribution in [-0.4, -0.2) is 28.0 Å². The molecule has 0 aliphatic carbocycles. The Morgan fingerprint density at radius 3 is 1.21 bits per heavy atom. The van der Waals surface area contributed by atoms with E-state index in [1.165, 1.54) is 0 Å². The summed E-state index contributed by atoms with van der Waals surface area (Å²) >= 11 is 0. The van der Waals surface area contributed by atoms with Gasteiger partial charge in [0.15, 0.2) is 0 Å². The summed E-state index contributed by atoms with van der Waals surface area (Å²) in [5, 5.41) is 0.891. The van der Waals surface area contributed by atoms with Gasteiger partial charge < -0.3 is 21.3 Å². The molecule has 0 spiro atoms. The minimum atomic E-state index is -2.48. The predicted octanol–water partition coefficient (Wildman–Crippen LogP) is 4.96. The van der Waals surface area contributed by atoms with Gasteiger partial charge in [0.05, 0.1) is 0 Å². The van der Waals surface area contributed by atoms with E-state index < -0.39 is 8.41 Å². The standard InChI is InChI=1S/C7H10FSi.3C2H6N.Zr/c1-9(2,8)7-5-3-4-6-7;3*1-2-3;/h3-6H,1-2H3;3*3H,2H2,1H3;/q4*-1;+4. The Bertz CT molecular complexity index is 222. The van der Waals surface area contributed by atoms with E-state index in [4.69, 9.17) is 17.2 Å². The molecule has 110 valence electrons. The van der Waals surface area contributed by atoms with Crippen molar-refractivity contribution in [2.75, 3.05) is 19.6 Å². The monoisotopic (exact) mass is 363 g/mol. The van der Waals surface area contributed by atoms with E-state index in [-0.39, 0.29) is 26.2 Å². The van der Waals surface area contributed by atoms with Gasteiger partial charge >= 0.3 is 26.2 Å². The van der Waals surface area contributed by atoms with Crippen molar-refractivity contribution in [3.05, 3.63) is 41.5 Å². The molecular weight excluding hydrogens is 336 g/mol. The fourth-order valence-corrected chi connectivity index (χ4v) is 1.76. The van der Waals surface area contributed by atoms with E-state index in [1.807, 2.05) is 24.3 Å². The average Bonchev–Trinajstić information content (AvgIpc) is 2.72. The Morgan fingerprint density at radius 2 is 1.11 bits per heavy atom. The van der Waals surface area contributed by atoms with E-state index in [0.717, 1.165) is 5.19 Å². The summed E-state index contributed by atoms with van der Waals surface area (Å²) in [5.74, 6) is 0. The molecule has 3 N–H and O–H groups in total. The molecule has 0 fully saturated rings. The quantitative estimate of drug-likeness (QED) is 0.384. The normalized spacial score (nSPS) is 8.47. The van der Waals surface area contributed by atoms with Crippen molar-refractivity contribution in [1.29, 1.82) is 0 Å². The van der Waals surface area contributed by atoms with Crippen LogP contribution in [-0.2, 0) is 26.2 Å². The van der Waals surface area contributed by atoms with Gasteiger partial charge in [-0.25, -0.2) is 12.1 Å². The van der Waals surface area contributed by atoms with Crippen LogP contribution in [0.25, 0.3) is 17.2 Å². The maximum Gasteiger partial charge on any atom is 4.00 e. The van der Waals surface area contributed by atoms with Gasteiger partial charge in [0.1, 0.15) is 0 Å². The number of hydrogen-bond acceptors (Lipinski definition) is 0. The number of halogens is 1. The largest absolute Gasteiger partial charge is 4.00 e. The second kappa shape index (κ2) is 20.6. The predicted molar refractivity (Wildman–Crippen MR) is 84.8 cm³/mol. The van der Waals surface area contributed by atoms with E-state index in [9.17, 15) is 4.11 Å². The van der Waals surface area contributed by atoms with Crippen LogP contribution in [0.3, 0.4) is 0 Å². The van der Waals surface area contributed by atoms with E-state index >= 15 is 0 Å². The first kappa shape index (κ1) is 27.6. The maximum absolute atomic E-state index is 13.1. The fourth-order valence-electron chi connectivity index (χ4n) is 0.770. The van der Waals surface area contributed by atoms with E-state index in [2.05, 4.69) is 0 Å². The van der Waals surface area contributed by atoms with Crippen LogP contribution in [0.15, 0.2) is 24.3 Å². The number of nitrogens with one attached hydrogen (secondary N) is 3. The van der Waals surface area contributed by atoms with E-state index in [0.29, 0.717) is 19.6 Å². The Balaban J connectivity index is -0.0000000956. The van der Waals surface area contributed by atoms with Crippen LogP contribution in [0.5, 0.6) is 0 Å². The first-order valence-corrected chi connectivity index (χ1v) is 9.08. The van der Waals surface area contributed by atoms with Crippen LogP contribution < -0.4 is 5.19 Å². The van der Waals surface area contributed by atoms with Gasteiger partial charge in [-0.05, 0) is 13.1 Å². The average molecular weight is 365 g/mol. The molecule has 1 aromatic rings. The molecule has 0 unspecified atom stereocenters. The minimum Gasteiger partial charge on any atom is -0.678 e.